The Labute approximate surface area is 74.0 Å². The van der Waals surface area contributed by atoms with Crippen LogP contribution in [0.4, 0.5) is 5.69 Å². The molecule has 2 nitrogen and oxygen atoms in total. The second-order valence-electron chi connectivity index (χ2n) is 3.47. The highest BCUT2D eigenvalue weighted by molar-refractivity contribution is 5.48. The van der Waals surface area contributed by atoms with E-state index in [0.29, 0.717) is 5.92 Å². The summed E-state index contributed by atoms with van der Waals surface area (Å²) in [5, 5.41) is 3.37. The molecule has 0 amide bonds. The van der Waals surface area contributed by atoms with Gasteiger partial charge in [-0.25, -0.2) is 0 Å². The van der Waals surface area contributed by atoms with Gasteiger partial charge in [-0.15, -0.1) is 0 Å². The van der Waals surface area contributed by atoms with E-state index in [9.17, 15) is 0 Å². The van der Waals surface area contributed by atoms with E-state index in [4.69, 9.17) is 0 Å². The van der Waals surface area contributed by atoms with Crippen LogP contribution >= 0.6 is 0 Å². The van der Waals surface area contributed by atoms with Crippen LogP contribution in [-0.2, 0) is 0 Å². The average Bonchev–Trinajstić information content (AvgIpc) is 2.03. The van der Waals surface area contributed by atoms with Crippen LogP contribution in [0.2, 0.25) is 0 Å². The van der Waals surface area contributed by atoms with E-state index in [-0.39, 0.29) is 0 Å². The number of aryl methyl sites for hydroxylation is 1. The molecule has 0 bridgehead atoms. The summed E-state index contributed by atoms with van der Waals surface area (Å²) < 4.78 is 0. The Hall–Kier alpha value is -1.05. The molecule has 0 unspecified atom stereocenters. The molecule has 0 atom stereocenters. The van der Waals surface area contributed by atoms with E-state index < -0.39 is 0 Å². The number of hydrogen-bond donors (Lipinski definition) is 1. The summed E-state index contributed by atoms with van der Waals surface area (Å²) >= 11 is 0. The summed E-state index contributed by atoms with van der Waals surface area (Å²) in [7, 11) is 0. The molecule has 1 rings (SSSR count). The van der Waals surface area contributed by atoms with Crippen LogP contribution in [-0.4, -0.2) is 11.5 Å². The van der Waals surface area contributed by atoms with Crippen molar-refractivity contribution in [1.29, 1.82) is 0 Å². The first kappa shape index (κ1) is 9.04. The van der Waals surface area contributed by atoms with Crippen LogP contribution in [0.25, 0.3) is 0 Å². The molecule has 12 heavy (non-hydrogen) atoms. The first-order chi connectivity index (χ1) is 5.70. The fourth-order valence-corrected chi connectivity index (χ4v) is 0.986. The molecular weight excluding hydrogens is 148 g/mol. The number of anilines is 1. The molecule has 1 aromatic rings. The Morgan fingerprint density at radius 2 is 2.25 bits per heavy atom. The normalized spacial score (nSPS) is 10.3. The monoisotopic (exact) mass is 164 g/mol. The third-order valence-corrected chi connectivity index (χ3v) is 1.72. The SMILES string of the molecule is Cc1cnccc1NCC(C)C. The van der Waals surface area contributed by atoms with Crippen molar-refractivity contribution in [1.82, 2.24) is 4.98 Å². The topological polar surface area (TPSA) is 24.9 Å². The van der Waals surface area contributed by atoms with Gasteiger partial charge in [0.25, 0.3) is 0 Å². The molecule has 0 aliphatic carbocycles. The summed E-state index contributed by atoms with van der Waals surface area (Å²) in [4.78, 5) is 4.03. The molecular formula is C10H16N2. The van der Waals surface area contributed by atoms with E-state index >= 15 is 0 Å². The van der Waals surface area contributed by atoms with Gasteiger partial charge in [-0.3, -0.25) is 4.98 Å². The lowest BCUT2D eigenvalue weighted by molar-refractivity contribution is 0.688. The zero-order valence-corrected chi connectivity index (χ0v) is 7.96. The van der Waals surface area contributed by atoms with E-state index in [1.54, 1.807) is 0 Å². The Bertz CT molecular complexity index is 243. The van der Waals surface area contributed by atoms with Crippen molar-refractivity contribution in [3.05, 3.63) is 24.0 Å². The number of nitrogens with one attached hydrogen (secondary N) is 1. The zero-order valence-electron chi connectivity index (χ0n) is 7.96. The minimum absolute atomic E-state index is 0.678. The lowest BCUT2D eigenvalue weighted by Crippen LogP contribution is -2.08. The fraction of sp³-hybridized carbons (Fsp3) is 0.500. The maximum atomic E-state index is 4.03. The first-order valence-corrected chi connectivity index (χ1v) is 4.34. The maximum absolute atomic E-state index is 4.03. The molecule has 0 spiro atoms. The molecule has 0 saturated carbocycles. The standard InChI is InChI=1S/C10H16N2/c1-8(2)6-12-10-4-5-11-7-9(10)3/h4-5,7-8H,6H2,1-3H3,(H,11,12). The zero-order chi connectivity index (χ0) is 8.97. The summed E-state index contributed by atoms with van der Waals surface area (Å²) in [6.45, 7) is 7.48. The molecule has 0 aliphatic heterocycles. The minimum atomic E-state index is 0.678. The van der Waals surface area contributed by atoms with Crippen molar-refractivity contribution in [2.75, 3.05) is 11.9 Å². The van der Waals surface area contributed by atoms with Gasteiger partial charge >= 0.3 is 0 Å². The highest BCUT2D eigenvalue weighted by Crippen LogP contribution is 2.11. The van der Waals surface area contributed by atoms with Crippen LogP contribution in [0.3, 0.4) is 0 Å². The summed E-state index contributed by atoms with van der Waals surface area (Å²) in [5.74, 6) is 0.678. The molecule has 0 radical (unpaired) electrons. The van der Waals surface area contributed by atoms with Crippen molar-refractivity contribution >= 4 is 5.69 Å². The first-order valence-electron chi connectivity index (χ1n) is 4.34. The molecule has 0 saturated heterocycles. The highest BCUT2D eigenvalue weighted by atomic mass is 14.9. The van der Waals surface area contributed by atoms with Crippen molar-refractivity contribution in [3.8, 4) is 0 Å². The van der Waals surface area contributed by atoms with Crippen LogP contribution in [0.15, 0.2) is 18.5 Å². The van der Waals surface area contributed by atoms with Crippen molar-refractivity contribution in [2.45, 2.75) is 20.8 Å². The molecule has 1 heterocycles. The van der Waals surface area contributed by atoms with Crippen LogP contribution < -0.4 is 5.32 Å². The van der Waals surface area contributed by atoms with Crippen LogP contribution in [0, 0.1) is 12.8 Å². The second-order valence-corrected chi connectivity index (χ2v) is 3.47. The smallest absolute Gasteiger partial charge is 0.0400 e. The number of aromatic nitrogens is 1. The van der Waals surface area contributed by atoms with Gasteiger partial charge < -0.3 is 5.32 Å². The second kappa shape index (κ2) is 4.10. The summed E-state index contributed by atoms with van der Waals surface area (Å²) in [6.07, 6.45) is 3.69. The molecule has 66 valence electrons. The third kappa shape index (κ3) is 2.53. The molecule has 0 fully saturated rings. The number of hydrogen-bond acceptors (Lipinski definition) is 2. The van der Waals surface area contributed by atoms with Crippen molar-refractivity contribution in [2.24, 2.45) is 5.92 Å². The third-order valence-electron chi connectivity index (χ3n) is 1.72. The molecule has 0 aromatic carbocycles. The summed E-state index contributed by atoms with van der Waals surface area (Å²) in [6, 6.07) is 2.01. The van der Waals surface area contributed by atoms with Gasteiger partial charge in [0.2, 0.25) is 0 Å². The fourth-order valence-electron chi connectivity index (χ4n) is 0.986. The predicted molar refractivity (Wildman–Crippen MR) is 52.3 cm³/mol. The van der Waals surface area contributed by atoms with Gasteiger partial charge in [0.05, 0.1) is 0 Å². The van der Waals surface area contributed by atoms with Crippen molar-refractivity contribution < 1.29 is 0 Å². The summed E-state index contributed by atoms with van der Waals surface area (Å²) in [5.41, 5.74) is 2.40. The Morgan fingerprint density at radius 3 is 2.83 bits per heavy atom. The van der Waals surface area contributed by atoms with Crippen molar-refractivity contribution in [3.63, 3.8) is 0 Å². The minimum Gasteiger partial charge on any atom is -0.384 e. The predicted octanol–water partition coefficient (Wildman–Crippen LogP) is 2.46. The van der Waals surface area contributed by atoms with E-state index in [0.717, 1.165) is 6.54 Å². The van der Waals surface area contributed by atoms with Gasteiger partial charge in [-0.2, -0.15) is 0 Å². The molecule has 0 aliphatic rings. The van der Waals surface area contributed by atoms with Gasteiger partial charge in [0, 0.05) is 24.6 Å². The largest absolute Gasteiger partial charge is 0.384 e. The van der Waals surface area contributed by atoms with Gasteiger partial charge in [-0.1, -0.05) is 13.8 Å². The lowest BCUT2D eigenvalue weighted by Gasteiger charge is -2.10. The Kier molecular flexibility index (Phi) is 3.09. The highest BCUT2D eigenvalue weighted by Gasteiger charge is 1.97. The molecule has 1 N–H and O–H groups in total. The lowest BCUT2D eigenvalue weighted by atomic mass is 10.2. The van der Waals surface area contributed by atoms with Gasteiger partial charge in [0.1, 0.15) is 0 Å². The number of rotatable bonds is 3. The maximum Gasteiger partial charge on any atom is 0.0400 e. The quantitative estimate of drug-likeness (QED) is 0.742. The molecule has 2 heteroatoms. The van der Waals surface area contributed by atoms with E-state index in [1.165, 1.54) is 11.3 Å². The van der Waals surface area contributed by atoms with E-state index in [2.05, 4.69) is 31.1 Å². The van der Waals surface area contributed by atoms with Gasteiger partial charge in [0.15, 0.2) is 0 Å². The molecule has 1 aromatic heterocycles. The van der Waals surface area contributed by atoms with Crippen LogP contribution in [0.5, 0.6) is 0 Å². The van der Waals surface area contributed by atoms with Gasteiger partial charge in [-0.05, 0) is 24.5 Å². The van der Waals surface area contributed by atoms with E-state index in [1.807, 2.05) is 18.5 Å². The Balaban J connectivity index is 2.57. The number of pyridine rings is 1. The number of nitrogens with zero attached hydrogens (tertiary/aromatic N) is 1. The Morgan fingerprint density at radius 1 is 1.50 bits per heavy atom. The van der Waals surface area contributed by atoms with Crippen LogP contribution in [0.1, 0.15) is 19.4 Å². The average molecular weight is 164 g/mol.